The predicted octanol–water partition coefficient (Wildman–Crippen LogP) is 7.55. The lowest BCUT2D eigenvalue weighted by molar-refractivity contribution is -0.147. The van der Waals surface area contributed by atoms with Crippen LogP contribution in [-0.2, 0) is 23.8 Å². The van der Waals surface area contributed by atoms with E-state index in [1.807, 2.05) is 56.0 Å². The summed E-state index contributed by atoms with van der Waals surface area (Å²) in [7, 11) is 2.66. The zero-order valence-electron chi connectivity index (χ0n) is 39.3. The van der Waals surface area contributed by atoms with Gasteiger partial charge in [-0.3, -0.25) is 19.5 Å². The molecule has 69 heavy (non-hydrogen) atoms. The Hall–Kier alpha value is -6.12. The number of benzene rings is 2. The number of likely N-dealkylation sites (tertiary alicyclic amines) is 2. The Morgan fingerprint density at radius 3 is 2.20 bits per heavy atom. The molecule has 8 heterocycles. The van der Waals surface area contributed by atoms with Gasteiger partial charge in [0.05, 0.1) is 70.7 Å². The molecule has 19 heteroatoms. The van der Waals surface area contributed by atoms with Gasteiger partial charge < -0.3 is 49.1 Å². The van der Waals surface area contributed by atoms with Crippen LogP contribution >= 0.6 is 11.3 Å². The number of hydrogen-bond acceptors (Lipinski definition) is 12. The van der Waals surface area contributed by atoms with Crippen molar-refractivity contribution >= 4 is 40.1 Å². The minimum Gasteiger partial charge on any atom is -0.464 e. The summed E-state index contributed by atoms with van der Waals surface area (Å²) in [6, 6.07) is 13.5. The Morgan fingerprint density at radius 1 is 0.884 bits per heavy atom. The number of carbonyl (C=O) groups is 3. The molecule has 0 radical (unpaired) electrons. The molecule has 5 N–H and O–H groups in total. The first kappa shape index (κ1) is 46.6. The van der Waals surface area contributed by atoms with E-state index in [9.17, 15) is 19.5 Å². The summed E-state index contributed by atoms with van der Waals surface area (Å²) < 4.78 is 41.2. The van der Waals surface area contributed by atoms with E-state index < -0.39 is 36.6 Å². The van der Waals surface area contributed by atoms with Crippen LogP contribution in [0.4, 0.5) is 9.18 Å². The first-order valence-corrected chi connectivity index (χ1v) is 24.5. The first-order valence-electron chi connectivity index (χ1n) is 23.7. The van der Waals surface area contributed by atoms with Crippen molar-refractivity contribution < 1.29 is 42.8 Å². The summed E-state index contributed by atoms with van der Waals surface area (Å²) in [6.07, 6.45) is 5.32. The molecule has 6 aromatic rings. The van der Waals surface area contributed by atoms with Crippen LogP contribution in [0.15, 0.2) is 60.9 Å². The highest BCUT2D eigenvalue weighted by molar-refractivity contribution is 7.12. The number of aromatic amines is 2. The van der Waals surface area contributed by atoms with E-state index in [0.29, 0.717) is 85.5 Å². The Bertz CT molecular complexity index is 2870. The molecule has 17 nitrogen and oxygen atoms in total. The fourth-order valence-electron chi connectivity index (χ4n) is 10.5. The summed E-state index contributed by atoms with van der Waals surface area (Å²) in [5.74, 6) is 0.691. The largest absolute Gasteiger partial charge is 0.464 e. The predicted molar refractivity (Wildman–Crippen MR) is 255 cm³/mol. The van der Waals surface area contributed by atoms with Crippen LogP contribution in [0, 0.1) is 24.6 Å². The number of ether oxygens (including phenoxy) is 4. The molecule has 364 valence electrons. The number of fused-ring (bicyclic) bond motifs is 5. The summed E-state index contributed by atoms with van der Waals surface area (Å²) >= 11 is 1.62. The van der Waals surface area contributed by atoms with E-state index >= 15 is 4.39 Å². The number of aliphatic hydroxyl groups excluding tert-OH is 1. The number of nitrogens with zero attached hydrogens (tertiary/aromatic N) is 5. The van der Waals surface area contributed by atoms with Gasteiger partial charge in [0.25, 0.3) is 0 Å². The van der Waals surface area contributed by atoms with Crippen LogP contribution in [0.3, 0.4) is 0 Å². The van der Waals surface area contributed by atoms with Crippen molar-refractivity contribution in [1.82, 2.24) is 44.9 Å². The number of hydrogen-bond donors (Lipinski definition) is 5. The van der Waals surface area contributed by atoms with Gasteiger partial charge in [0, 0.05) is 54.8 Å². The third-order valence-electron chi connectivity index (χ3n) is 14.1. The number of imidazole rings is 2. The molecule has 2 aromatic carbocycles. The summed E-state index contributed by atoms with van der Waals surface area (Å²) in [5.41, 5.74) is 4.66. The second-order valence-corrected chi connectivity index (χ2v) is 20.0. The number of aliphatic hydroxyl groups is 1. The number of carbonyl (C=O) groups excluding carboxylic acids is 3. The van der Waals surface area contributed by atoms with Crippen molar-refractivity contribution in [1.29, 1.82) is 0 Å². The van der Waals surface area contributed by atoms with Crippen molar-refractivity contribution in [3.63, 3.8) is 0 Å². The van der Waals surface area contributed by atoms with Crippen molar-refractivity contribution in [2.24, 2.45) is 11.8 Å². The zero-order valence-corrected chi connectivity index (χ0v) is 40.1. The fraction of sp³-hybridized carbons (Fsp3) is 0.460. The number of thiophene rings is 1. The third-order valence-corrected chi connectivity index (χ3v) is 15.1. The maximum Gasteiger partial charge on any atom is 0.407 e. The molecule has 4 aliphatic heterocycles. The highest BCUT2D eigenvalue weighted by Gasteiger charge is 2.41. The van der Waals surface area contributed by atoms with Gasteiger partial charge in [0.15, 0.2) is 0 Å². The van der Waals surface area contributed by atoms with Gasteiger partial charge in [-0.05, 0) is 99.7 Å². The molecule has 4 aliphatic rings. The number of amides is 3. The SMILES string of the molecule is COC(=O)N[C@H](C(=O)N1CCC[C@H]1c1ncc(-c2cc(F)c3c(c2)O[C@@H](c2ccc(C)s2)n2c-3cc3cc(-c4cnc([C@@H]5CCCN5C(=O)[C@@H](NC(O)OC)C5CCOCC5)[nH]4)ccc32)[nH]1)C(C)C. The van der Waals surface area contributed by atoms with Crippen LogP contribution in [-0.4, -0.2) is 116 Å². The number of halogens is 1. The lowest BCUT2D eigenvalue weighted by Crippen LogP contribution is -2.54. The molecule has 10 rings (SSSR count). The molecule has 1 unspecified atom stereocenters. The Kier molecular flexibility index (Phi) is 13.1. The Morgan fingerprint density at radius 2 is 1.57 bits per heavy atom. The number of aryl methyl sites for hydroxylation is 1. The molecule has 0 bridgehead atoms. The summed E-state index contributed by atoms with van der Waals surface area (Å²) in [6.45, 7) is 7.99. The molecule has 4 aromatic heterocycles. The topological polar surface area (TPSA) is 201 Å². The second kappa shape index (κ2) is 19.3. The lowest BCUT2D eigenvalue weighted by atomic mass is 9.90. The summed E-state index contributed by atoms with van der Waals surface area (Å²) in [5, 5.41) is 17.0. The van der Waals surface area contributed by atoms with Crippen molar-refractivity contribution in [3.05, 3.63) is 88.1 Å². The van der Waals surface area contributed by atoms with Crippen LogP contribution in [0.25, 0.3) is 44.7 Å². The molecule has 0 spiro atoms. The van der Waals surface area contributed by atoms with Gasteiger partial charge in [-0.1, -0.05) is 19.9 Å². The van der Waals surface area contributed by atoms with Crippen molar-refractivity contribution in [2.75, 3.05) is 40.5 Å². The monoisotopic (exact) mass is 963 g/mol. The lowest BCUT2D eigenvalue weighted by Gasteiger charge is -2.35. The van der Waals surface area contributed by atoms with E-state index in [0.717, 1.165) is 51.2 Å². The van der Waals surface area contributed by atoms with Crippen LogP contribution in [0.1, 0.15) is 92.1 Å². The van der Waals surface area contributed by atoms with Crippen LogP contribution in [0.2, 0.25) is 0 Å². The molecule has 3 saturated heterocycles. The van der Waals surface area contributed by atoms with Crippen LogP contribution < -0.4 is 15.4 Å². The molecule has 0 saturated carbocycles. The Labute approximate surface area is 402 Å². The van der Waals surface area contributed by atoms with Gasteiger partial charge in [-0.25, -0.2) is 19.2 Å². The maximum atomic E-state index is 16.9. The van der Waals surface area contributed by atoms with Gasteiger partial charge in [-0.15, -0.1) is 11.3 Å². The molecular formula is C50H58FN9O8S. The average molecular weight is 964 g/mol. The quantitative estimate of drug-likeness (QED) is 0.0716. The highest BCUT2D eigenvalue weighted by atomic mass is 32.1. The van der Waals surface area contributed by atoms with Gasteiger partial charge in [0.2, 0.25) is 24.5 Å². The van der Waals surface area contributed by atoms with Gasteiger partial charge >= 0.3 is 6.09 Å². The first-order chi connectivity index (χ1) is 33.4. The fourth-order valence-corrected chi connectivity index (χ4v) is 11.4. The van der Waals surface area contributed by atoms with Crippen LogP contribution in [0.5, 0.6) is 5.75 Å². The number of H-pyrrole nitrogens is 2. The van der Waals surface area contributed by atoms with E-state index in [1.54, 1.807) is 28.6 Å². The normalized spacial score (nSPS) is 20.7. The number of methoxy groups -OCH3 is 2. The van der Waals surface area contributed by atoms with E-state index in [4.69, 9.17) is 28.9 Å². The second-order valence-electron chi connectivity index (χ2n) is 18.7. The highest BCUT2D eigenvalue weighted by Crippen LogP contribution is 2.48. The molecule has 3 amide bonds. The summed E-state index contributed by atoms with van der Waals surface area (Å²) in [4.78, 5) is 62.3. The van der Waals surface area contributed by atoms with Gasteiger partial charge in [-0.2, -0.15) is 0 Å². The molecular weight excluding hydrogens is 906 g/mol. The third kappa shape index (κ3) is 8.90. The minimum absolute atomic E-state index is 0.0121. The number of aromatic nitrogens is 5. The smallest absolute Gasteiger partial charge is 0.407 e. The van der Waals surface area contributed by atoms with E-state index in [-0.39, 0.29) is 35.7 Å². The number of nitrogens with one attached hydrogen (secondary N) is 4. The molecule has 3 fully saturated rings. The number of alkyl carbamates (subject to hydrolysis) is 1. The van der Waals surface area contributed by atoms with Gasteiger partial charge in [0.1, 0.15) is 29.3 Å². The van der Waals surface area contributed by atoms with E-state index in [1.165, 1.54) is 20.3 Å². The molecule has 6 atom stereocenters. The van der Waals surface area contributed by atoms with Crippen molar-refractivity contribution in [3.8, 4) is 39.5 Å². The molecule has 0 aliphatic carbocycles. The van der Waals surface area contributed by atoms with Crippen molar-refractivity contribution in [2.45, 2.75) is 96.1 Å². The average Bonchev–Trinajstić information content (AvgIpc) is 4.22. The van der Waals surface area contributed by atoms with E-state index in [2.05, 4.69) is 37.3 Å². The minimum atomic E-state index is -1.28. The number of rotatable bonds is 13. The standard InChI is InChI=1S/C50H58FN9O8S/c1-26(2)42(56-49(63)65-4)46(61)58-16-6-8-36(58)45-53-25-34(55-45)30-21-32(51)41-38-22-31-20-29(11-12-35(31)60(38)48(68-39(41)23-30)40-13-10-27(3)69-40)33-24-52-44(54-33)37-9-7-17-59(37)47(62)43(57-50(64)66-5)28-14-18-67-19-15-28/h10-13,20-26,28,36-37,42-43,48,50,57,64H,6-9,14-19H2,1-5H3,(H,52,54)(H,53,55)(H,56,63)/t36-,37-,42-,43-,48-,50?/m0/s1. The Balaban J connectivity index is 0.940. The maximum absolute atomic E-state index is 16.9. The zero-order chi connectivity index (χ0) is 48.1.